The predicted molar refractivity (Wildman–Crippen MR) is 104 cm³/mol. The van der Waals surface area contributed by atoms with E-state index in [-0.39, 0.29) is 5.91 Å². The number of fused-ring (bicyclic) bond motifs is 1. The van der Waals surface area contributed by atoms with Crippen LogP contribution in [0.25, 0.3) is 10.9 Å². The molecule has 0 unspecified atom stereocenters. The summed E-state index contributed by atoms with van der Waals surface area (Å²) < 4.78 is 38.8. The molecule has 1 saturated heterocycles. The van der Waals surface area contributed by atoms with Crippen LogP contribution in [-0.2, 0) is 17.4 Å². The highest BCUT2D eigenvalue weighted by Crippen LogP contribution is 2.29. The molecule has 0 aliphatic carbocycles. The Bertz CT molecular complexity index is 1070. The Morgan fingerprint density at radius 1 is 1.07 bits per heavy atom. The van der Waals surface area contributed by atoms with Gasteiger partial charge in [0.1, 0.15) is 0 Å². The number of benzene rings is 2. The molecule has 0 spiro atoms. The van der Waals surface area contributed by atoms with Crippen LogP contribution in [0.2, 0.25) is 0 Å². The Kier molecular flexibility index (Phi) is 5.05. The lowest BCUT2D eigenvalue weighted by Gasteiger charge is -2.15. The minimum atomic E-state index is -4.40. The van der Waals surface area contributed by atoms with Gasteiger partial charge < -0.3 is 0 Å². The molecule has 1 aliphatic rings. The minimum Gasteiger partial charge on any atom is -0.273 e. The van der Waals surface area contributed by atoms with Gasteiger partial charge in [-0.2, -0.15) is 18.3 Å². The fourth-order valence-corrected chi connectivity index (χ4v) is 3.42. The van der Waals surface area contributed by atoms with Crippen molar-refractivity contribution in [3.63, 3.8) is 0 Å². The van der Waals surface area contributed by atoms with Gasteiger partial charge in [-0.3, -0.25) is 9.78 Å². The maximum atomic E-state index is 12.9. The van der Waals surface area contributed by atoms with E-state index in [2.05, 4.69) is 10.1 Å². The van der Waals surface area contributed by atoms with Gasteiger partial charge in [-0.05, 0) is 41.8 Å². The number of aromatic nitrogens is 1. The summed E-state index contributed by atoms with van der Waals surface area (Å²) in [4.78, 5) is 16.4. The van der Waals surface area contributed by atoms with E-state index in [4.69, 9.17) is 0 Å². The van der Waals surface area contributed by atoms with Gasteiger partial charge in [-0.25, -0.2) is 5.01 Å². The van der Waals surface area contributed by atoms with Crippen LogP contribution >= 0.6 is 0 Å². The summed E-state index contributed by atoms with van der Waals surface area (Å²) in [6, 6.07) is 14.4. The number of pyridine rings is 1. The number of alkyl halides is 3. The van der Waals surface area contributed by atoms with Crippen molar-refractivity contribution in [3.05, 3.63) is 77.5 Å². The van der Waals surface area contributed by atoms with Crippen LogP contribution in [0.15, 0.2) is 65.9 Å². The zero-order valence-corrected chi connectivity index (χ0v) is 15.5. The number of hydrogen-bond donors (Lipinski definition) is 0. The molecule has 2 aromatic carbocycles. The standard InChI is InChI=1S/C22H18F3N3O/c23-22(24,25)17-9-7-15(8-10-17)20(27-28-13-3-6-21(28)29)14-16-11-12-26-19-5-2-1-4-18(16)19/h1-2,4-5,7-12H,3,6,13-14H2. The van der Waals surface area contributed by atoms with E-state index < -0.39 is 11.7 Å². The van der Waals surface area contributed by atoms with Crippen LogP contribution in [0.4, 0.5) is 13.2 Å². The van der Waals surface area contributed by atoms with Crippen molar-refractivity contribution in [1.82, 2.24) is 9.99 Å². The summed E-state index contributed by atoms with van der Waals surface area (Å²) in [6.07, 6.45) is -1.17. The van der Waals surface area contributed by atoms with Crippen molar-refractivity contribution < 1.29 is 18.0 Å². The van der Waals surface area contributed by atoms with Crippen molar-refractivity contribution in [2.24, 2.45) is 5.10 Å². The average molecular weight is 397 g/mol. The molecular weight excluding hydrogens is 379 g/mol. The van der Waals surface area contributed by atoms with E-state index in [1.54, 1.807) is 6.20 Å². The van der Waals surface area contributed by atoms with Crippen molar-refractivity contribution in [1.29, 1.82) is 0 Å². The Morgan fingerprint density at radius 2 is 1.83 bits per heavy atom. The Labute approximate surface area is 165 Å². The quantitative estimate of drug-likeness (QED) is 0.593. The highest BCUT2D eigenvalue weighted by atomic mass is 19.4. The Balaban J connectivity index is 1.74. The topological polar surface area (TPSA) is 45.6 Å². The van der Waals surface area contributed by atoms with E-state index in [0.717, 1.165) is 35.0 Å². The minimum absolute atomic E-state index is 0.0750. The van der Waals surface area contributed by atoms with E-state index in [1.807, 2.05) is 30.3 Å². The number of carbonyl (C=O) groups is 1. The molecule has 0 bridgehead atoms. The third kappa shape index (κ3) is 4.13. The van der Waals surface area contributed by atoms with Crippen LogP contribution in [0, 0.1) is 0 Å². The SMILES string of the molecule is O=C1CCCN1N=C(Cc1ccnc2ccccc12)c1ccc(C(F)(F)F)cc1. The van der Waals surface area contributed by atoms with Gasteiger partial charge >= 0.3 is 6.18 Å². The molecular formula is C22H18F3N3O. The number of carbonyl (C=O) groups excluding carboxylic acids is 1. The molecule has 4 nitrogen and oxygen atoms in total. The van der Waals surface area contributed by atoms with E-state index in [0.29, 0.717) is 30.7 Å². The van der Waals surface area contributed by atoms with Crippen LogP contribution < -0.4 is 0 Å². The molecule has 1 fully saturated rings. The van der Waals surface area contributed by atoms with Crippen LogP contribution in [0.3, 0.4) is 0 Å². The number of nitrogens with zero attached hydrogens (tertiary/aromatic N) is 3. The molecule has 29 heavy (non-hydrogen) atoms. The summed E-state index contributed by atoms with van der Waals surface area (Å²) in [5.41, 5.74) is 2.16. The lowest BCUT2D eigenvalue weighted by molar-refractivity contribution is -0.137. The highest BCUT2D eigenvalue weighted by molar-refractivity contribution is 6.04. The van der Waals surface area contributed by atoms with Crippen LogP contribution in [0.5, 0.6) is 0 Å². The maximum Gasteiger partial charge on any atom is 0.416 e. The van der Waals surface area contributed by atoms with Crippen molar-refractivity contribution in [2.75, 3.05) is 6.54 Å². The molecule has 0 atom stereocenters. The summed E-state index contributed by atoms with van der Waals surface area (Å²) in [5, 5.41) is 6.88. The fraction of sp³-hybridized carbons (Fsp3) is 0.227. The van der Waals surface area contributed by atoms with Gasteiger partial charge in [-0.15, -0.1) is 0 Å². The number of para-hydroxylation sites is 1. The first-order valence-corrected chi connectivity index (χ1v) is 9.30. The number of amides is 1. The third-order valence-corrected chi connectivity index (χ3v) is 4.93. The van der Waals surface area contributed by atoms with Gasteiger partial charge in [0.15, 0.2) is 0 Å². The number of hydrazone groups is 1. The second kappa shape index (κ2) is 7.66. The molecule has 7 heteroatoms. The fourth-order valence-electron chi connectivity index (χ4n) is 3.42. The molecule has 0 saturated carbocycles. The summed E-state index contributed by atoms with van der Waals surface area (Å²) in [5.74, 6) is -0.0750. The molecule has 3 aromatic rings. The van der Waals surface area contributed by atoms with Crippen LogP contribution in [-0.4, -0.2) is 28.2 Å². The second-order valence-electron chi connectivity index (χ2n) is 6.91. The molecule has 1 amide bonds. The van der Waals surface area contributed by atoms with Crippen molar-refractivity contribution in [3.8, 4) is 0 Å². The first kappa shape index (κ1) is 19.1. The van der Waals surface area contributed by atoms with Gasteiger partial charge in [0.2, 0.25) is 5.91 Å². The lowest BCUT2D eigenvalue weighted by atomic mass is 9.98. The van der Waals surface area contributed by atoms with Crippen molar-refractivity contribution >= 4 is 22.5 Å². The molecule has 1 aromatic heterocycles. The Morgan fingerprint density at radius 3 is 2.52 bits per heavy atom. The van der Waals surface area contributed by atoms with E-state index in [9.17, 15) is 18.0 Å². The molecule has 0 radical (unpaired) electrons. The smallest absolute Gasteiger partial charge is 0.273 e. The average Bonchev–Trinajstić information content (AvgIpc) is 3.12. The van der Waals surface area contributed by atoms with Gasteiger partial charge in [0, 0.05) is 31.0 Å². The number of hydrogen-bond acceptors (Lipinski definition) is 3. The maximum absolute atomic E-state index is 12.9. The van der Waals surface area contributed by atoms with Crippen LogP contribution in [0.1, 0.15) is 29.5 Å². The van der Waals surface area contributed by atoms with Crippen molar-refractivity contribution in [2.45, 2.75) is 25.4 Å². The predicted octanol–water partition coefficient (Wildman–Crippen LogP) is 4.82. The lowest BCUT2D eigenvalue weighted by Crippen LogP contribution is -2.22. The number of halogens is 3. The largest absolute Gasteiger partial charge is 0.416 e. The first-order valence-electron chi connectivity index (χ1n) is 9.30. The normalized spacial score (nSPS) is 15.3. The summed E-state index contributed by atoms with van der Waals surface area (Å²) in [7, 11) is 0. The van der Waals surface area contributed by atoms with Gasteiger partial charge in [0.05, 0.1) is 16.8 Å². The highest BCUT2D eigenvalue weighted by Gasteiger charge is 2.30. The Hall–Kier alpha value is -3.22. The summed E-state index contributed by atoms with van der Waals surface area (Å²) in [6.45, 7) is 0.514. The first-order chi connectivity index (χ1) is 13.9. The third-order valence-electron chi connectivity index (χ3n) is 4.93. The summed E-state index contributed by atoms with van der Waals surface area (Å²) >= 11 is 0. The zero-order valence-electron chi connectivity index (χ0n) is 15.5. The second-order valence-corrected chi connectivity index (χ2v) is 6.91. The molecule has 4 rings (SSSR count). The molecule has 0 N–H and O–H groups in total. The zero-order chi connectivity index (χ0) is 20.4. The number of rotatable bonds is 4. The monoisotopic (exact) mass is 397 g/mol. The molecule has 2 heterocycles. The van der Waals surface area contributed by atoms with Gasteiger partial charge in [-0.1, -0.05) is 30.3 Å². The van der Waals surface area contributed by atoms with Gasteiger partial charge in [0.25, 0.3) is 0 Å². The molecule has 1 aliphatic heterocycles. The molecule has 148 valence electrons. The van der Waals surface area contributed by atoms with E-state index >= 15 is 0 Å². The van der Waals surface area contributed by atoms with E-state index in [1.165, 1.54) is 17.1 Å².